The van der Waals surface area contributed by atoms with Gasteiger partial charge in [0.05, 0.1) is 5.69 Å². The van der Waals surface area contributed by atoms with Crippen molar-refractivity contribution in [3.05, 3.63) is 59.6 Å². The van der Waals surface area contributed by atoms with Crippen molar-refractivity contribution in [3.8, 4) is 11.3 Å². The van der Waals surface area contributed by atoms with Gasteiger partial charge < -0.3 is 4.90 Å². The highest BCUT2D eigenvalue weighted by Gasteiger charge is 2.23. The van der Waals surface area contributed by atoms with E-state index in [1.165, 1.54) is 28.7 Å². The zero-order chi connectivity index (χ0) is 16.5. The van der Waals surface area contributed by atoms with E-state index in [1.807, 2.05) is 35.7 Å². The normalized spacial score (nSPS) is 15.8. The van der Waals surface area contributed by atoms with Gasteiger partial charge in [0.1, 0.15) is 4.83 Å². The van der Waals surface area contributed by atoms with Gasteiger partial charge in [0.25, 0.3) is 0 Å². The van der Waals surface area contributed by atoms with E-state index < -0.39 is 0 Å². The van der Waals surface area contributed by atoms with Crippen LogP contribution in [0.5, 0.6) is 0 Å². The third-order valence-corrected chi connectivity index (χ3v) is 6.32. The van der Waals surface area contributed by atoms with E-state index in [0.717, 1.165) is 29.2 Å². The van der Waals surface area contributed by atoms with Crippen molar-refractivity contribution in [1.29, 1.82) is 0 Å². The van der Waals surface area contributed by atoms with Crippen molar-refractivity contribution in [2.75, 3.05) is 13.1 Å². The van der Waals surface area contributed by atoms with Crippen LogP contribution in [0.1, 0.15) is 29.2 Å². The summed E-state index contributed by atoms with van der Waals surface area (Å²) in [5, 5.41) is 10.2. The van der Waals surface area contributed by atoms with Crippen LogP contribution in [-0.2, 0) is 0 Å². The van der Waals surface area contributed by atoms with E-state index in [1.54, 1.807) is 0 Å². The highest BCUT2D eigenvalue weighted by molar-refractivity contribution is 7.18. The van der Waals surface area contributed by atoms with Crippen LogP contribution in [0.15, 0.2) is 49.2 Å². The highest BCUT2D eigenvalue weighted by Crippen LogP contribution is 2.39. The lowest BCUT2D eigenvalue weighted by Gasteiger charge is -2.30. The van der Waals surface area contributed by atoms with Crippen LogP contribution in [0.2, 0.25) is 0 Å². The summed E-state index contributed by atoms with van der Waals surface area (Å²) in [6, 6.07) is 12.5. The van der Waals surface area contributed by atoms with Gasteiger partial charge in [0.2, 0.25) is 0 Å². The van der Waals surface area contributed by atoms with Gasteiger partial charge in [-0.2, -0.15) is 0 Å². The number of likely N-dealkylation sites (tertiary alicyclic amines) is 1. The fraction of sp³-hybridized carbons (Fsp3) is 0.300. The molecule has 3 aromatic rings. The summed E-state index contributed by atoms with van der Waals surface area (Å²) in [6.45, 7) is 8.32. The predicted molar refractivity (Wildman–Crippen MR) is 101 cm³/mol. The van der Waals surface area contributed by atoms with Crippen LogP contribution in [0, 0.1) is 6.92 Å². The molecule has 0 spiro atoms. The number of hydrogen-bond acceptors (Lipinski definition) is 4. The van der Waals surface area contributed by atoms with Gasteiger partial charge >= 0.3 is 0 Å². The van der Waals surface area contributed by atoms with Crippen LogP contribution in [0.25, 0.3) is 21.5 Å². The lowest BCUT2D eigenvalue weighted by atomic mass is 9.93. The molecule has 1 aliphatic rings. The Morgan fingerprint density at radius 1 is 1.17 bits per heavy atom. The van der Waals surface area contributed by atoms with E-state index in [2.05, 4.69) is 46.8 Å². The zero-order valence-electron chi connectivity index (χ0n) is 13.9. The third kappa shape index (κ3) is 2.71. The second-order valence-corrected chi connectivity index (χ2v) is 7.43. The van der Waals surface area contributed by atoms with Crippen LogP contribution in [0.4, 0.5) is 0 Å². The molecule has 0 radical (unpaired) electrons. The van der Waals surface area contributed by atoms with Crippen LogP contribution < -0.4 is 0 Å². The molecule has 4 rings (SSSR count). The molecule has 0 saturated carbocycles. The van der Waals surface area contributed by atoms with Crippen molar-refractivity contribution >= 4 is 21.6 Å². The minimum absolute atomic E-state index is 0.639. The van der Waals surface area contributed by atoms with Crippen molar-refractivity contribution in [2.24, 2.45) is 0 Å². The number of hydrogen-bond donors (Lipinski definition) is 0. The SMILES string of the molecule is C=CN1CCC(c2sc3nnc(-c4ccccc4)cc3c2C)CC1. The van der Waals surface area contributed by atoms with E-state index in [4.69, 9.17) is 0 Å². The second kappa shape index (κ2) is 6.36. The maximum absolute atomic E-state index is 4.51. The Balaban J connectivity index is 1.69. The molecule has 4 heteroatoms. The second-order valence-electron chi connectivity index (χ2n) is 6.40. The lowest BCUT2D eigenvalue weighted by Crippen LogP contribution is -2.28. The van der Waals surface area contributed by atoms with Crippen molar-refractivity contribution in [2.45, 2.75) is 25.7 Å². The fourth-order valence-corrected chi connectivity index (χ4v) is 4.80. The molecule has 2 aromatic heterocycles. The van der Waals surface area contributed by atoms with E-state index in [9.17, 15) is 0 Å². The number of aromatic nitrogens is 2. The Labute approximate surface area is 146 Å². The van der Waals surface area contributed by atoms with Crippen LogP contribution >= 0.6 is 11.3 Å². The molecule has 0 amide bonds. The molecule has 1 saturated heterocycles. The number of fused-ring (bicyclic) bond motifs is 1. The average Bonchev–Trinajstić information content (AvgIpc) is 2.99. The standard InChI is InChI=1S/C20H21N3S/c1-3-23-11-9-16(10-12-23)19-14(2)17-13-18(21-22-20(17)24-19)15-7-5-4-6-8-15/h3-8,13,16H,1,9-12H2,2H3. The summed E-state index contributed by atoms with van der Waals surface area (Å²) >= 11 is 1.83. The Bertz CT molecular complexity index is 861. The molecule has 0 aliphatic carbocycles. The first-order chi connectivity index (χ1) is 11.8. The van der Waals surface area contributed by atoms with Gasteiger partial charge in [-0.3, -0.25) is 0 Å². The molecule has 3 heterocycles. The topological polar surface area (TPSA) is 29.0 Å². The van der Waals surface area contributed by atoms with Gasteiger partial charge in [-0.15, -0.1) is 21.5 Å². The zero-order valence-corrected chi connectivity index (χ0v) is 14.7. The monoisotopic (exact) mass is 335 g/mol. The molecular weight excluding hydrogens is 314 g/mol. The molecule has 1 fully saturated rings. The van der Waals surface area contributed by atoms with Gasteiger partial charge in [0, 0.05) is 28.9 Å². The van der Waals surface area contributed by atoms with E-state index >= 15 is 0 Å². The van der Waals surface area contributed by atoms with Crippen LogP contribution in [-0.4, -0.2) is 28.2 Å². The minimum atomic E-state index is 0.639. The molecular formula is C20H21N3S. The summed E-state index contributed by atoms with van der Waals surface area (Å²) in [7, 11) is 0. The number of thiophene rings is 1. The molecule has 3 nitrogen and oxygen atoms in total. The van der Waals surface area contributed by atoms with E-state index in [0.29, 0.717) is 5.92 Å². The molecule has 0 N–H and O–H groups in total. The predicted octanol–water partition coefficient (Wildman–Crippen LogP) is 4.99. The number of benzene rings is 1. The minimum Gasteiger partial charge on any atom is -0.378 e. The quantitative estimate of drug-likeness (QED) is 0.675. The Morgan fingerprint density at radius 2 is 1.92 bits per heavy atom. The van der Waals surface area contributed by atoms with Crippen molar-refractivity contribution < 1.29 is 0 Å². The number of piperidine rings is 1. The number of aryl methyl sites for hydroxylation is 1. The lowest BCUT2D eigenvalue weighted by molar-refractivity contribution is 0.286. The first-order valence-electron chi connectivity index (χ1n) is 8.45. The molecule has 122 valence electrons. The molecule has 1 aliphatic heterocycles. The summed E-state index contributed by atoms with van der Waals surface area (Å²) in [5.74, 6) is 0.639. The van der Waals surface area contributed by atoms with Gasteiger partial charge in [-0.25, -0.2) is 0 Å². The Morgan fingerprint density at radius 3 is 2.62 bits per heavy atom. The Hall–Kier alpha value is -2.20. The summed E-state index contributed by atoms with van der Waals surface area (Å²) < 4.78 is 0. The summed E-state index contributed by atoms with van der Waals surface area (Å²) in [6.07, 6.45) is 4.35. The van der Waals surface area contributed by atoms with Crippen molar-refractivity contribution in [1.82, 2.24) is 15.1 Å². The van der Waals surface area contributed by atoms with E-state index in [-0.39, 0.29) is 0 Å². The molecule has 24 heavy (non-hydrogen) atoms. The average molecular weight is 335 g/mol. The Kier molecular flexibility index (Phi) is 4.07. The third-order valence-electron chi connectivity index (χ3n) is 4.97. The largest absolute Gasteiger partial charge is 0.378 e. The maximum Gasteiger partial charge on any atom is 0.146 e. The molecule has 1 aromatic carbocycles. The molecule has 0 bridgehead atoms. The molecule has 0 unspecified atom stereocenters. The number of rotatable bonds is 3. The summed E-state index contributed by atoms with van der Waals surface area (Å²) in [4.78, 5) is 4.87. The summed E-state index contributed by atoms with van der Waals surface area (Å²) in [5.41, 5.74) is 3.47. The molecule has 0 atom stereocenters. The fourth-order valence-electron chi connectivity index (χ4n) is 3.52. The van der Waals surface area contributed by atoms with Gasteiger partial charge in [-0.1, -0.05) is 36.9 Å². The highest BCUT2D eigenvalue weighted by atomic mass is 32.1. The van der Waals surface area contributed by atoms with Crippen molar-refractivity contribution in [3.63, 3.8) is 0 Å². The smallest absolute Gasteiger partial charge is 0.146 e. The first-order valence-corrected chi connectivity index (χ1v) is 9.26. The maximum atomic E-state index is 4.51. The van der Waals surface area contributed by atoms with Gasteiger partial charge in [-0.05, 0) is 43.5 Å². The van der Waals surface area contributed by atoms with Crippen LogP contribution in [0.3, 0.4) is 0 Å². The first kappa shape index (κ1) is 15.3. The number of nitrogens with zero attached hydrogens (tertiary/aromatic N) is 3. The van der Waals surface area contributed by atoms with Gasteiger partial charge in [0.15, 0.2) is 0 Å².